The molecule has 1 aromatic heterocycles. The Labute approximate surface area is 168 Å². The van der Waals surface area contributed by atoms with E-state index in [-0.39, 0.29) is 5.43 Å². The molecular formula is C26H22OS. The lowest BCUT2D eigenvalue weighted by atomic mass is 9.96. The normalized spacial score (nSPS) is 11.8. The molecule has 2 heteroatoms. The van der Waals surface area contributed by atoms with Gasteiger partial charge in [-0.25, -0.2) is 0 Å². The summed E-state index contributed by atoms with van der Waals surface area (Å²) in [6.07, 6.45) is 3.50. The van der Waals surface area contributed by atoms with Crippen molar-refractivity contribution in [2.75, 3.05) is 0 Å². The van der Waals surface area contributed by atoms with Crippen LogP contribution in [0.5, 0.6) is 0 Å². The van der Waals surface area contributed by atoms with Crippen LogP contribution >= 0.6 is 11.3 Å². The average molecular weight is 383 g/mol. The molecule has 0 saturated heterocycles. The number of hydrogen-bond acceptors (Lipinski definition) is 2. The maximum absolute atomic E-state index is 13.2. The van der Waals surface area contributed by atoms with E-state index >= 15 is 0 Å². The molecular weight excluding hydrogens is 360 g/mol. The van der Waals surface area contributed by atoms with Crippen molar-refractivity contribution in [1.82, 2.24) is 0 Å². The molecule has 5 rings (SSSR count). The first-order valence-electron chi connectivity index (χ1n) is 9.96. The zero-order chi connectivity index (χ0) is 19.3. The molecule has 1 nitrogen and oxygen atoms in total. The van der Waals surface area contributed by atoms with Gasteiger partial charge in [-0.15, -0.1) is 11.3 Å². The number of benzene rings is 4. The highest BCUT2D eigenvalue weighted by Gasteiger charge is 2.10. The molecule has 138 valence electrons. The molecule has 1 heterocycles. The van der Waals surface area contributed by atoms with Gasteiger partial charge in [-0.05, 0) is 83.3 Å². The van der Waals surface area contributed by atoms with Gasteiger partial charge in [0.15, 0.2) is 5.43 Å². The number of hydrogen-bond donors (Lipinski definition) is 0. The first kappa shape index (κ1) is 17.4. The van der Waals surface area contributed by atoms with Crippen LogP contribution in [0, 0.1) is 6.92 Å². The van der Waals surface area contributed by atoms with Gasteiger partial charge in [0.1, 0.15) is 0 Å². The van der Waals surface area contributed by atoms with E-state index < -0.39 is 0 Å². The van der Waals surface area contributed by atoms with Gasteiger partial charge in [0.05, 0.1) is 0 Å². The van der Waals surface area contributed by atoms with Crippen molar-refractivity contribution in [2.45, 2.75) is 33.1 Å². The van der Waals surface area contributed by atoms with Crippen LogP contribution in [0.3, 0.4) is 0 Å². The van der Waals surface area contributed by atoms with E-state index in [1.54, 1.807) is 11.3 Å². The van der Waals surface area contributed by atoms with Gasteiger partial charge in [-0.3, -0.25) is 4.79 Å². The number of aryl methyl sites for hydroxylation is 2. The maximum atomic E-state index is 13.2. The molecule has 0 fully saturated rings. The Balaban J connectivity index is 1.83. The van der Waals surface area contributed by atoms with Crippen molar-refractivity contribution in [3.8, 4) is 0 Å². The zero-order valence-electron chi connectivity index (χ0n) is 16.2. The monoisotopic (exact) mass is 382 g/mol. The maximum Gasteiger partial charge on any atom is 0.195 e. The van der Waals surface area contributed by atoms with Crippen molar-refractivity contribution in [3.05, 3.63) is 82.0 Å². The lowest BCUT2D eigenvalue weighted by molar-refractivity contribution is 0.799. The SMILES string of the molecule is CCCCc1cccc2cc3cc4sc5ccc(C)cc5c(=O)c4cc3cc12. The Morgan fingerprint density at radius 3 is 2.43 bits per heavy atom. The van der Waals surface area contributed by atoms with Crippen molar-refractivity contribution in [2.24, 2.45) is 0 Å². The quantitative estimate of drug-likeness (QED) is 0.298. The molecule has 0 spiro atoms. The number of unbranched alkanes of at least 4 members (excludes halogenated alkanes) is 1. The molecule has 0 aliphatic carbocycles. The molecule has 0 unspecified atom stereocenters. The Bertz CT molecular complexity index is 1430. The van der Waals surface area contributed by atoms with Crippen molar-refractivity contribution in [1.29, 1.82) is 0 Å². The Kier molecular flexibility index (Phi) is 4.17. The Morgan fingerprint density at radius 1 is 0.786 bits per heavy atom. The van der Waals surface area contributed by atoms with E-state index in [4.69, 9.17) is 0 Å². The van der Waals surface area contributed by atoms with E-state index in [2.05, 4.69) is 61.5 Å². The summed E-state index contributed by atoms with van der Waals surface area (Å²) in [5, 5.41) is 6.62. The summed E-state index contributed by atoms with van der Waals surface area (Å²) >= 11 is 1.71. The van der Waals surface area contributed by atoms with E-state index in [1.807, 2.05) is 13.0 Å². The minimum atomic E-state index is 0.147. The highest BCUT2D eigenvalue weighted by atomic mass is 32.1. The van der Waals surface area contributed by atoms with Crippen LogP contribution in [0.15, 0.2) is 65.5 Å². The highest BCUT2D eigenvalue weighted by molar-refractivity contribution is 7.24. The average Bonchev–Trinajstić information content (AvgIpc) is 2.70. The standard InChI is InChI=1S/C26H22OS/c1-3-4-6-17-7-5-8-18-12-19-15-25-23(14-20(19)13-21(17)18)26(27)22-11-16(2)9-10-24(22)28-25/h5,7-15H,3-4,6H2,1-2H3. The Hall–Kier alpha value is -2.71. The third-order valence-electron chi connectivity index (χ3n) is 5.67. The van der Waals surface area contributed by atoms with Crippen molar-refractivity contribution in [3.63, 3.8) is 0 Å². The van der Waals surface area contributed by atoms with Gasteiger partial charge >= 0.3 is 0 Å². The minimum absolute atomic E-state index is 0.147. The zero-order valence-corrected chi connectivity index (χ0v) is 17.0. The fraction of sp³-hybridized carbons (Fsp3) is 0.192. The molecule has 0 atom stereocenters. The fourth-order valence-electron chi connectivity index (χ4n) is 4.14. The summed E-state index contributed by atoms with van der Waals surface area (Å²) in [6, 6.07) is 21.6. The molecule has 28 heavy (non-hydrogen) atoms. The summed E-state index contributed by atoms with van der Waals surface area (Å²) in [7, 11) is 0. The van der Waals surface area contributed by atoms with Crippen LogP contribution in [0.4, 0.5) is 0 Å². The molecule has 0 aliphatic heterocycles. The van der Waals surface area contributed by atoms with Crippen LogP contribution in [-0.4, -0.2) is 0 Å². The van der Waals surface area contributed by atoms with Gasteiger partial charge in [-0.1, -0.05) is 43.2 Å². The minimum Gasteiger partial charge on any atom is -0.289 e. The summed E-state index contributed by atoms with van der Waals surface area (Å²) in [4.78, 5) is 13.2. The first-order valence-corrected chi connectivity index (χ1v) is 10.8. The second kappa shape index (κ2) is 6.72. The fourth-order valence-corrected chi connectivity index (χ4v) is 5.22. The third kappa shape index (κ3) is 2.80. The Morgan fingerprint density at radius 2 is 1.57 bits per heavy atom. The van der Waals surface area contributed by atoms with Crippen LogP contribution < -0.4 is 5.43 Å². The van der Waals surface area contributed by atoms with Gasteiger partial charge < -0.3 is 0 Å². The van der Waals surface area contributed by atoms with Crippen molar-refractivity contribution < 1.29 is 0 Å². The van der Waals surface area contributed by atoms with Crippen LogP contribution in [-0.2, 0) is 6.42 Å². The van der Waals surface area contributed by atoms with E-state index in [9.17, 15) is 4.79 Å². The second-order valence-electron chi connectivity index (χ2n) is 7.72. The van der Waals surface area contributed by atoms with E-state index in [0.717, 1.165) is 37.5 Å². The molecule has 0 radical (unpaired) electrons. The van der Waals surface area contributed by atoms with Crippen LogP contribution in [0.25, 0.3) is 41.7 Å². The third-order valence-corrected chi connectivity index (χ3v) is 6.80. The summed E-state index contributed by atoms with van der Waals surface area (Å²) in [6.45, 7) is 4.27. The second-order valence-corrected chi connectivity index (χ2v) is 8.80. The van der Waals surface area contributed by atoms with Crippen LogP contribution in [0.1, 0.15) is 30.9 Å². The summed E-state index contributed by atoms with van der Waals surface area (Å²) in [5.74, 6) is 0. The topological polar surface area (TPSA) is 17.1 Å². The van der Waals surface area contributed by atoms with Crippen LogP contribution in [0.2, 0.25) is 0 Å². The van der Waals surface area contributed by atoms with Gasteiger partial charge in [0.25, 0.3) is 0 Å². The number of rotatable bonds is 3. The van der Waals surface area contributed by atoms with Gasteiger partial charge in [0.2, 0.25) is 0 Å². The number of fused-ring (bicyclic) bond motifs is 4. The molecule has 4 aromatic carbocycles. The molecule has 0 amide bonds. The molecule has 0 bridgehead atoms. The predicted octanol–water partition coefficient (Wildman–Crippen LogP) is 7.37. The van der Waals surface area contributed by atoms with Gasteiger partial charge in [0, 0.05) is 20.2 Å². The molecule has 0 aliphatic rings. The summed E-state index contributed by atoms with van der Waals surface area (Å²) < 4.78 is 2.13. The predicted molar refractivity (Wildman–Crippen MR) is 124 cm³/mol. The first-order chi connectivity index (χ1) is 13.6. The van der Waals surface area contributed by atoms with Crippen molar-refractivity contribution >= 4 is 53.1 Å². The lowest BCUT2D eigenvalue weighted by Gasteiger charge is -2.09. The summed E-state index contributed by atoms with van der Waals surface area (Å²) in [5.41, 5.74) is 2.68. The largest absolute Gasteiger partial charge is 0.289 e. The molecule has 0 N–H and O–H groups in total. The molecule has 0 saturated carbocycles. The van der Waals surface area contributed by atoms with E-state index in [1.165, 1.54) is 34.6 Å². The highest BCUT2D eigenvalue weighted by Crippen LogP contribution is 2.32. The smallest absolute Gasteiger partial charge is 0.195 e. The van der Waals surface area contributed by atoms with Gasteiger partial charge in [-0.2, -0.15) is 0 Å². The lowest BCUT2D eigenvalue weighted by Crippen LogP contribution is -2.01. The van der Waals surface area contributed by atoms with E-state index in [0.29, 0.717) is 0 Å². The molecule has 5 aromatic rings.